The highest BCUT2D eigenvalue weighted by Crippen LogP contribution is 2.41. The fraction of sp³-hybridized carbons (Fsp3) is 0.462. The Hall–Kier alpha value is -2.59. The van der Waals surface area contributed by atoms with Gasteiger partial charge in [0.05, 0.1) is 23.4 Å². The molecule has 0 saturated carbocycles. The van der Waals surface area contributed by atoms with Gasteiger partial charge < -0.3 is 19.9 Å². The van der Waals surface area contributed by atoms with Crippen LogP contribution in [-0.4, -0.2) is 72.3 Å². The normalized spacial score (nSPS) is 20.7. The molecule has 35 heavy (non-hydrogen) atoms. The van der Waals surface area contributed by atoms with Crippen molar-refractivity contribution in [3.05, 3.63) is 41.2 Å². The molecule has 3 aromatic heterocycles. The zero-order valence-electron chi connectivity index (χ0n) is 19.6. The van der Waals surface area contributed by atoms with Crippen molar-refractivity contribution in [3.63, 3.8) is 0 Å². The Morgan fingerprint density at radius 2 is 1.91 bits per heavy atom. The lowest BCUT2D eigenvalue weighted by atomic mass is 9.72. The van der Waals surface area contributed by atoms with E-state index in [0.717, 1.165) is 65.2 Å². The van der Waals surface area contributed by atoms with E-state index in [1.54, 1.807) is 17.4 Å². The Morgan fingerprint density at radius 3 is 2.74 bits per heavy atom. The number of aromatic amines is 1. The molecule has 1 spiro atoms. The molecule has 0 atom stereocenters. The molecule has 3 fully saturated rings. The number of nitrogens with one attached hydrogen (secondary N) is 2. The number of anilines is 1. The number of likely N-dealkylation sites (tertiary alicyclic amines) is 1. The minimum atomic E-state index is -0.290. The monoisotopic (exact) mass is 492 g/mol. The standard InChI is InChI=1S/C26H29FN6OS/c27-17-11-20(19-1-4-29-21(19)12-17)24-30-22-13-18(14-32-15-26(16-32)2-5-28-6-3-26)35-23(22)25(31-24)33-7-9-34-10-8-33/h1,4,11-13,28-29H,2-3,5-10,14-16H2. The number of halogens is 1. The van der Waals surface area contributed by atoms with Gasteiger partial charge in [-0.1, -0.05) is 0 Å². The number of piperidine rings is 1. The van der Waals surface area contributed by atoms with Crippen LogP contribution in [0.1, 0.15) is 17.7 Å². The third-order valence-electron chi connectivity index (χ3n) is 7.75. The molecule has 0 unspecified atom stereocenters. The third kappa shape index (κ3) is 3.91. The van der Waals surface area contributed by atoms with Crippen molar-refractivity contribution in [1.82, 2.24) is 25.2 Å². The summed E-state index contributed by atoms with van der Waals surface area (Å²) in [6.45, 7) is 8.58. The van der Waals surface area contributed by atoms with Crippen LogP contribution in [-0.2, 0) is 11.3 Å². The van der Waals surface area contributed by atoms with Gasteiger partial charge in [0, 0.05) is 60.3 Å². The zero-order chi connectivity index (χ0) is 23.4. The smallest absolute Gasteiger partial charge is 0.163 e. The van der Waals surface area contributed by atoms with Crippen LogP contribution in [0, 0.1) is 11.2 Å². The number of rotatable bonds is 4. The summed E-state index contributed by atoms with van der Waals surface area (Å²) in [5, 5.41) is 4.42. The first-order valence-corrected chi connectivity index (χ1v) is 13.3. The summed E-state index contributed by atoms with van der Waals surface area (Å²) in [6.07, 6.45) is 4.40. The summed E-state index contributed by atoms with van der Waals surface area (Å²) in [4.78, 5) is 19.3. The lowest BCUT2D eigenvalue weighted by molar-refractivity contribution is -0.0276. The molecule has 0 aliphatic carbocycles. The van der Waals surface area contributed by atoms with E-state index in [4.69, 9.17) is 14.7 Å². The van der Waals surface area contributed by atoms with Gasteiger partial charge in [0.1, 0.15) is 5.82 Å². The summed E-state index contributed by atoms with van der Waals surface area (Å²) < 4.78 is 21.2. The van der Waals surface area contributed by atoms with Gasteiger partial charge in [-0.15, -0.1) is 11.3 Å². The molecule has 7 nitrogen and oxygen atoms in total. The Labute approximate surface area is 207 Å². The number of morpholine rings is 1. The largest absolute Gasteiger partial charge is 0.378 e. The molecule has 182 valence electrons. The second-order valence-electron chi connectivity index (χ2n) is 10.2. The molecule has 4 aromatic rings. The van der Waals surface area contributed by atoms with E-state index in [2.05, 4.69) is 26.2 Å². The fourth-order valence-corrected chi connectivity index (χ4v) is 7.13. The molecule has 0 amide bonds. The highest BCUT2D eigenvalue weighted by molar-refractivity contribution is 7.19. The number of H-pyrrole nitrogens is 1. The number of benzene rings is 1. The van der Waals surface area contributed by atoms with Crippen molar-refractivity contribution in [2.45, 2.75) is 19.4 Å². The molecule has 0 bridgehead atoms. The average Bonchev–Trinajstić information content (AvgIpc) is 3.49. The average molecular weight is 493 g/mol. The van der Waals surface area contributed by atoms with E-state index in [1.165, 1.54) is 36.9 Å². The number of hydrogen-bond donors (Lipinski definition) is 2. The second-order valence-corrected chi connectivity index (χ2v) is 11.3. The summed E-state index contributed by atoms with van der Waals surface area (Å²) >= 11 is 1.80. The quantitative estimate of drug-likeness (QED) is 0.449. The van der Waals surface area contributed by atoms with Gasteiger partial charge in [0.25, 0.3) is 0 Å². The molecular formula is C26H29FN6OS. The summed E-state index contributed by atoms with van der Waals surface area (Å²) in [7, 11) is 0. The van der Waals surface area contributed by atoms with Crippen molar-refractivity contribution >= 4 is 38.3 Å². The Kier molecular flexibility index (Phi) is 5.27. The first-order chi connectivity index (χ1) is 17.2. The first kappa shape index (κ1) is 21.7. The van der Waals surface area contributed by atoms with Crippen LogP contribution in [0.4, 0.5) is 10.2 Å². The van der Waals surface area contributed by atoms with Gasteiger partial charge in [0.2, 0.25) is 0 Å². The van der Waals surface area contributed by atoms with E-state index >= 15 is 0 Å². The van der Waals surface area contributed by atoms with E-state index in [0.29, 0.717) is 24.5 Å². The van der Waals surface area contributed by atoms with Crippen LogP contribution in [0.3, 0.4) is 0 Å². The predicted molar refractivity (Wildman–Crippen MR) is 138 cm³/mol. The zero-order valence-corrected chi connectivity index (χ0v) is 20.5. The number of aromatic nitrogens is 3. The number of fused-ring (bicyclic) bond motifs is 2. The minimum absolute atomic E-state index is 0.290. The molecule has 3 aliphatic heterocycles. The van der Waals surface area contributed by atoms with E-state index in [9.17, 15) is 4.39 Å². The van der Waals surface area contributed by atoms with Gasteiger partial charge in [-0.3, -0.25) is 4.90 Å². The Morgan fingerprint density at radius 1 is 1.09 bits per heavy atom. The second kappa shape index (κ2) is 8.51. The van der Waals surface area contributed by atoms with Crippen LogP contribution >= 0.6 is 11.3 Å². The van der Waals surface area contributed by atoms with Crippen LogP contribution in [0.15, 0.2) is 30.5 Å². The molecule has 0 radical (unpaired) electrons. The highest BCUT2D eigenvalue weighted by Gasteiger charge is 2.43. The molecule has 2 N–H and O–H groups in total. The highest BCUT2D eigenvalue weighted by atomic mass is 32.1. The van der Waals surface area contributed by atoms with E-state index in [1.807, 2.05) is 12.3 Å². The van der Waals surface area contributed by atoms with Crippen LogP contribution < -0.4 is 10.2 Å². The first-order valence-electron chi connectivity index (χ1n) is 12.5. The molecule has 9 heteroatoms. The SMILES string of the molecule is Fc1cc(-c2nc(N3CCOCC3)c3sc(CN4CC5(CCNCC5)C4)cc3n2)c2cc[nH]c2c1. The third-order valence-corrected chi connectivity index (χ3v) is 8.86. The van der Waals surface area contributed by atoms with Crippen LogP contribution in [0.5, 0.6) is 0 Å². The van der Waals surface area contributed by atoms with Crippen molar-refractivity contribution < 1.29 is 9.13 Å². The maximum atomic E-state index is 14.5. The minimum Gasteiger partial charge on any atom is -0.378 e. The van der Waals surface area contributed by atoms with Gasteiger partial charge in [-0.2, -0.15) is 0 Å². The number of ether oxygens (including phenoxy) is 1. The summed E-state index contributed by atoms with van der Waals surface area (Å²) in [5.41, 5.74) is 2.95. The van der Waals surface area contributed by atoms with Crippen molar-refractivity contribution in [3.8, 4) is 11.4 Å². The molecule has 3 aliphatic rings. The van der Waals surface area contributed by atoms with Crippen LogP contribution in [0.2, 0.25) is 0 Å². The fourth-order valence-electron chi connectivity index (χ4n) is 5.98. The number of hydrogen-bond acceptors (Lipinski definition) is 7. The van der Waals surface area contributed by atoms with Crippen molar-refractivity contribution in [2.75, 3.05) is 57.4 Å². The van der Waals surface area contributed by atoms with E-state index in [-0.39, 0.29) is 5.82 Å². The van der Waals surface area contributed by atoms with E-state index < -0.39 is 0 Å². The molecule has 7 rings (SSSR count). The Balaban J connectivity index is 1.26. The van der Waals surface area contributed by atoms with Gasteiger partial charge in [-0.05, 0) is 55.6 Å². The summed E-state index contributed by atoms with van der Waals surface area (Å²) in [6, 6.07) is 7.25. The van der Waals surface area contributed by atoms with Gasteiger partial charge in [-0.25, -0.2) is 14.4 Å². The lowest BCUT2D eigenvalue weighted by Gasteiger charge is -2.52. The molecular weight excluding hydrogens is 463 g/mol. The Bertz CT molecular complexity index is 1380. The maximum Gasteiger partial charge on any atom is 0.163 e. The predicted octanol–water partition coefficient (Wildman–Crippen LogP) is 4.00. The molecule has 6 heterocycles. The van der Waals surface area contributed by atoms with Gasteiger partial charge in [0.15, 0.2) is 11.6 Å². The van der Waals surface area contributed by atoms with Gasteiger partial charge >= 0.3 is 0 Å². The van der Waals surface area contributed by atoms with Crippen molar-refractivity contribution in [1.29, 1.82) is 0 Å². The topological polar surface area (TPSA) is 69.3 Å². The number of thiophene rings is 1. The molecule has 1 aromatic carbocycles. The maximum absolute atomic E-state index is 14.5. The van der Waals surface area contributed by atoms with Crippen LogP contribution in [0.25, 0.3) is 32.5 Å². The number of nitrogens with zero attached hydrogens (tertiary/aromatic N) is 4. The lowest BCUT2D eigenvalue weighted by Crippen LogP contribution is -2.59. The molecule has 3 saturated heterocycles. The van der Waals surface area contributed by atoms with Crippen molar-refractivity contribution in [2.24, 2.45) is 5.41 Å². The summed E-state index contributed by atoms with van der Waals surface area (Å²) in [5.74, 6) is 1.23.